The highest BCUT2D eigenvalue weighted by atomic mass is 32.1. The highest BCUT2D eigenvalue weighted by Gasteiger charge is 2.20. The van der Waals surface area contributed by atoms with Crippen LogP contribution >= 0.6 is 22.7 Å². The number of hydrogen-bond acceptors (Lipinski definition) is 5. The van der Waals surface area contributed by atoms with Crippen LogP contribution in [0.25, 0.3) is 40.3 Å². The molecule has 0 atom stereocenters. The number of nitrogens with zero attached hydrogens (tertiary/aromatic N) is 3. The summed E-state index contributed by atoms with van der Waals surface area (Å²) in [6.07, 6.45) is 0. The molecular formula is C54H37N3S2. The first-order chi connectivity index (χ1) is 29.2. The number of anilines is 9. The number of fused-ring (bicyclic) bond motifs is 6. The fourth-order valence-electron chi connectivity index (χ4n) is 8.31. The normalized spacial score (nSPS) is 11.4. The number of para-hydroxylation sites is 4. The molecule has 2 heterocycles. The van der Waals surface area contributed by atoms with Crippen molar-refractivity contribution in [2.75, 3.05) is 14.7 Å². The summed E-state index contributed by atoms with van der Waals surface area (Å²) in [5, 5.41) is 5.04. The molecule has 3 nitrogen and oxygen atoms in total. The lowest BCUT2D eigenvalue weighted by atomic mass is 10.1. The van der Waals surface area contributed by atoms with Crippen molar-refractivity contribution in [3.63, 3.8) is 0 Å². The maximum Gasteiger partial charge on any atom is 0.0482 e. The van der Waals surface area contributed by atoms with Crippen molar-refractivity contribution < 1.29 is 0 Å². The standard InChI is InChI=1S/C54H37N3S2/c1-5-16-38(17-6-1)55(39-18-7-2-8-19-39)42-24-15-25-43(34-42)57(45-29-31-52-48(35-45)47-26-13-14-27-51(47)58-52)46-30-33-54-50(37-46)49-36-44(28-32-53(49)59-54)56(40-20-9-3-10-21-40)41-22-11-4-12-23-41/h1-37H. The van der Waals surface area contributed by atoms with Gasteiger partial charge in [-0.05, 0) is 127 Å². The van der Waals surface area contributed by atoms with Crippen LogP contribution in [-0.2, 0) is 0 Å². The van der Waals surface area contributed by atoms with Gasteiger partial charge in [-0.15, -0.1) is 22.7 Å². The van der Waals surface area contributed by atoms with Crippen molar-refractivity contribution in [1.82, 2.24) is 0 Å². The summed E-state index contributed by atoms with van der Waals surface area (Å²) in [4.78, 5) is 7.10. The summed E-state index contributed by atoms with van der Waals surface area (Å²) in [6.45, 7) is 0. The molecular weight excluding hydrogens is 755 g/mol. The first kappa shape index (κ1) is 35.0. The summed E-state index contributed by atoms with van der Waals surface area (Å²) >= 11 is 3.70. The van der Waals surface area contributed by atoms with E-state index in [-0.39, 0.29) is 0 Å². The second-order valence-corrected chi connectivity index (χ2v) is 16.8. The zero-order valence-corrected chi connectivity index (χ0v) is 33.7. The van der Waals surface area contributed by atoms with E-state index in [1.54, 1.807) is 0 Å². The number of rotatable bonds is 9. The van der Waals surface area contributed by atoms with Crippen molar-refractivity contribution in [3.8, 4) is 0 Å². The van der Waals surface area contributed by atoms with Crippen molar-refractivity contribution in [3.05, 3.63) is 224 Å². The van der Waals surface area contributed by atoms with Crippen LogP contribution < -0.4 is 14.7 Å². The van der Waals surface area contributed by atoms with Gasteiger partial charge in [0.15, 0.2) is 0 Å². The molecule has 11 rings (SSSR count). The van der Waals surface area contributed by atoms with E-state index >= 15 is 0 Å². The summed E-state index contributed by atoms with van der Waals surface area (Å²) < 4.78 is 5.12. The van der Waals surface area contributed by atoms with Crippen LogP contribution in [0.15, 0.2) is 224 Å². The molecule has 0 saturated carbocycles. The predicted octanol–water partition coefficient (Wildman–Crippen LogP) is 16.8. The Morgan fingerprint density at radius 2 is 0.492 bits per heavy atom. The molecule has 0 unspecified atom stereocenters. The van der Waals surface area contributed by atoms with E-state index in [0.717, 1.165) is 51.2 Å². The highest BCUT2D eigenvalue weighted by molar-refractivity contribution is 7.26. The van der Waals surface area contributed by atoms with Gasteiger partial charge >= 0.3 is 0 Å². The average Bonchev–Trinajstić information content (AvgIpc) is 3.86. The van der Waals surface area contributed by atoms with Gasteiger partial charge in [0.25, 0.3) is 0 Å². The highest BCUT2D eigenvalue weighted by Crippen LogP contribution is 2.46. The molecule has 11 aromatic rings. The van der Waals surface area contributed by atoms with Gasteiger partial charge < -0.3 is 14.7 Å². The molecule has 0 amide bonds. The largest absolute Gasteiger partial charge is 0.310 e. The van der Waals surface area contributed by atoms with Crippen molar-refractivity contribution in [1.29, 1.82) is 0 Å². The fraction of sp³-hybridized carbons (Fsp3) is 0. The Balaban J connectivity index is 1.10. The van der Waals surface area contributed by atoms with Gasteiger partial charge in [-0.25, -0.2) is 0 Å². The quantitative estimate of drug-likeness (QED) is 0.144. The SMILES string of the molecule is c1ccc(N(c2ccccc2)c2cccc(N(c3ccc4sc5ccccc5c4c3)c3ccc4sc5ccc(N(c6ccccc6)c6ccccc6)cc5c4c3)c2)cc1. The Morgan fingerprint density at radius 3 is 0.898 bits per heavy atom. The van der Waals surface area contributed by atoms with E-state index in [0.29, 0.717) is 0 Å². The van der Waals surface area contributed by atoms with Crippen LogP contribution in [0.3, 0.4) is 0 Å². The zero-order chi connectivity index (χ0) is 39.1. The van der Waals surface area contributed by atoms with E-state index in [9.17, 15) is 0 Å². The minimum Gasteiger partial charge on any atom is -0.310 e. The molecule has 0 saturated heterocycles. The van der Waals surface area contributed by atoms with Gasteiger partial charge in [-0.3, -0.25) is 0 Å². The molecule has 2 aromatic heterocycles. The smallest absolute Gasteiger partial charge is 0.0482 e. The summed E-state index contributed by atoms with van der Waals surface area (Å²) in [5.74, 6) is 0. The predicted molar refractivity (Wildman–Crippen MR) is 256 cm³/mol. The van der Waals surface area contributed by atoms with Gasteiger partial charge in [0.05, 0.1) is 0 Å². The minimum atomic E-state index is 1.08. The lowest BCUT2D eigenvalue weighted by Crippen LogP contribution is -2.13. The van der Waals surface area contributed by atoms with Crippen LogP contribution in [0.4, 0.5) is 51.2 Å². The van der Waals surface area contributed by atoms with Gasteiger partial charge in [-0.1, -0.05) is 97.1 Å². The van der Waals surface area contributed by atoms with Crippen LogP contribution in [0, 0.1) is 0 Å². The Kier molecular flexibility index (Phi) is 8.88. The maximum atomic E-state index is 2.43. The van der Waals surface area contributed by atoms with Gasteiger partial charge in [0, 0.05) is 91.5 Å². The van der Waals surface area contributed by atoms with E-state index in [1.807, 2.05) is 22.7 Å². The molecule has 0 aliphatic rings. The topological polar surface area (TPSA) is 9.72 Å². The minimum absolute atomic E-state index is 1.08. The van der Waals surface area contributed by atoms with Crippen LogP contribution in [-0.4, -0.2) is 0 Å². The van der Waals surface area contributed by atoms with E-state index in [1.165, 1.54) is 40.3 Å². The average molecular weight is 792 g/mol. The van der Waals surface area contributed by atoms with Gasteiger partial charge in [0.2, 0.25) is 0 Å². The van der Waals surface area contributed by atoms with Crippen molar-refractivity contribution in [2.24, 2.45) is 0 Å². The lowest BCUT2D eigenvalue weighted by Gasteiger charge is -2.29. The molecule has 59 heavy (non-hydrogen) atoms. The van der Waals surface area contributed by atoms with E-state index in [2.05, 4.69) is 239 Å². The van der Waals surface area contributed by atoms with Crippen LogP contribution in [0.1, 0.15) is 0 Å². The second-order valence-electron chi connectivity index (χ2n) is 14.6. The van der Waals surface area contributed by atoms with Gasteiger partial charge in [0.1, 0.15) is 0 Å². The lowest BCUT2D eigenvalue weighted by molar-refractivity contribution is 1.25. The molecule has 9 aromatic carbocycles. The number of hydrogen-bond donors (Lipinski definition) is 0. The second kappa shape index (κ2) is 15.0. The Labute approximate surface area is 351 Å². The first-order valence-corrected chi connectivity index (χ1v) is 21.5. The molecule has 0 spiro atoms. The summed E-state index contributed by atoms with van der Waals surface area (Å²) in [5.41, 5.74) is 9.97. The first-order valence-electron chi connectivity index (χ1n) is 19.8. The monoisotopic (exact) mass is 791 g/mol. The van der Waals surface area contributed by atoms with Crippen LogP contribution in [0.5, 0.6) is 0 Å². The van der Waals surface area contributed by atoms with E-state index < -0.39 is 0 Å². The Morgan fingerprint density at radius 1 is 0.203 bits per heavy atom. The fourth-order valence-corrected chi connectivity index (χ4v) is 10.5. The molecule has 280 valence electrons. The molecule has 0 N–H and O–H groups in total. The number of benzene rings is 9. The zero-order valence-electron chi connectivity index (χ0n) is 32.0. The number of thiophene rings is 2. The maximum absolute atomic E-state index is 2.43. The third-order valence-electron chi connectivity index (χ3n) is 11.0. The van der Waals surface area contributed by atoms with Crippen molar-refractivity contribution >= 4 is 114 Å². The molecule has 0 aliphatic heterocycles. The Hall–Kier alpha value is -7.18. The molecule has 5 heteroatoms. The third kappa shape index (κ3) is 6.47. The molecule has 0 radical (unpaired) electrons. The summed E-state index contributed by atoms with van der Waals surface area (Å²) in [6, 6.07) is 81.1. The third-order valence-corrected chi connectivity index (χ3v) is 13.3. The molecule has 0 bridgehead atoms. The molecule has 0 fully saturated rings. The molecule has 0 aliphatic carbocycles. The van der Waals surface area contributed by atoms with Gasteiger partial charge in [-0.2, -0.15) is 0 Å². The van der Waals surface area contributed by atoms with Crippen molar-refractivity contribution in [2.45, 2.75) is 0 Å². The summed E-state index contributed by atoms with van der Waals surface area (Å²) in [7, 11) is 0. The van der Waals surface area contributed by atoms with E-state index in [4.69, 9.17) is 0 Å². The van der Waals surface area contributed by atoms with Crippen LogP contribution in [0.2, 0.25) is 0 Å². The Bertz CT molecular complexity index is 3150.